The molecule has 0 aliphatic heterocycles. The average Bonchev–Trinajstić information content (AvgIpc) is 3.08. The summed E-state index contributed by atoms with van der Waals surface area (Å²) in [6.45, 7) is 3.76. The third-order valence-electron chi connectivity index (χ3n) is 3.57. The first-order valence-corrected chi connectivity index (χ1v) is 7.11. The molecule has 1 unspecified atom stereocenters. The van der Waals surface area contributed by atoms with Gasteiger partial charge in [0.25, 0.3) is 0 Å². The maximum atomic E-state index is 12.2. The van der Waals surface area contributed by atoms with E-state index in [4.69, 9.17) is 0 Å². The van der Waals surface area contributed by atoms with Gasteiger partial charge in [0.2, 0.25) is 5.91 Å². The lowest BCUT2D eigenvalue weighted by atomic mass is 9.91. The Bertz CT molecular complexity index is 641. The monoisotopic (exact) mass is 297 g/mol. The van der Waals surface area contributed by atoms with Crippen molar-refractivity contribution in [3.8, 4) is 0 Å². The van der Waals surface area contributed by atoms with Crippen LogP contribution in [0, 0.1) is 0 Å². The Morgan fingerprint density at radius 1 is 1.23 bits per heavy atom. The molecule has 22 heavy (non-hydrogen) atoms. The first-order valence-electron chi connectivity index (χ1n) is 7.11. The fourth-order valence-corrected chi connectivity index (χ4v) is 2.36. The fourth-order valence-electron chi connectivity index (χ4n) is 2.36. The number of carbonyl (C=O) groups is 2. The normalized spacial score (nSPS) is 11.7. The summed E-state index contributed by atoms with van der Waals surface area (Å²) in [4.78, 5) is 23.7. The van der Waals surface area contributed by atoms with Crippen LogP contribution in [0.5, 0.6) is 0 Å². The number of ether oxygens (including phenoxy) is 1. The summed E-state index contributed by atoms with van der Waals surface area (Å²) in [5.41, 5.74) is 1.51. The van der Waals surface area contributed by atoms with Crippen LogP contribution < -0.4 is 0 Å². The highest BCUT2D eigenvalue weighted by Crippen LogP contribution is 2.25. The van der Waals surface area contributed by atoms with Crippen LogP contribution >= 0.6 is 0 Å². The summed E-state index contributed by atoms with van der Waals surface area (Å²) >= 11 is 0. The molecule has 1 atom stereocenters. The van der Waals surface area contributed by atoms with Crippen LogP contribution in [0.4, 0.5) is 0 Å². The van der Waals surface area contributed by atoms with Crippen molar-refractivity contribution in [3.63, 3.8) is 0 Å². The van der Waals surface area contributed by atoms with Crippen molar-refractivity contribution in [2.24, 2.45) is 0 Å². The zero-order chi connectivity index (χ0) is 15.9. The van der Waals surface area contributed by atoms with Crippen molar-refractivity contribution >= 4 is 11.9 Å². The first kappa shape index (κ1) is 15.8. The molecule has 0 fully saturated rings. The molecule has 4 nitrogen and oxygen atoms in total. The van der Waals surface area contributed by atoms with E-state index in [2.05, 4.69) is 11.3 Å². The van der Waals surface area contributed by atoms with E-state index in [1.807, 2.05) is 30.3 Å². The van der Waals surface area contributed by atoms with Gasteiger partial charge in [0.15, 0.2) is 0 Å². The highest BCUT2D eigenvalue weighted by Gasteiger charge is 2.16. The third kappa shape index (κ3) is 3.73. The number of aromatic nitrogens is 1. The van der Waals surface area contributed by atoms with Gasteiger partial charge in [-0.1, -0.05) is 18.2 Å². The molecule has 4 heteroatoms. The minimum Gasteiger partial charge on any atom is -0.465 e. The molecule has 2 rings (SSSR count). The minimum absolute atomic E-state index is 0.0360. The molecule has 0 radical (unpaired) electrons. The number of nitrogens with zero attached hydrogens (tertiary/aromatic N) is 1. The second-order valence-electron chi connectivity index (χ2n) is 5.02. The van der Waals surface area contributed by atoms with E-state index in [1.54, 1.807) is 29.1 Å². The Labute approximate surface area is 130 Å². The van der Waals surface area contributed by atoms with Gasteiger partial charge in [-0.3, -0.25) is 9.36 Å². The summed E-state index contributed by atoms with van der Waals surface area (Å²) in [6, 6.07) is 10.8. The number of methoxy groups -OCH3 is 1. The molecule has 0 aliphatic rings. The maximum Gasteiger partial charge on any atom is 0.337 e. The lowest BCUT2D eigenvalue weighted by molar-refractivity contribution is 0.0600. The van der Waals surface area contributed by atoms with E-state index in [0.29, 0.717) is 18.4 Å². The maximum absolute atomic E-state index is 12.2. The quantitative estimate of drug-likeness (QED) is 0.604. The summed E-state index contributed by atoms with van der Waals surface area (Å²) in [7, 11) is 1.35. The predicted octanol–water partition coefficient (Wildman–Crippen LogP) is 3.66. The highest BCUT2D eigenvalue weighted by molar-refractivity contribution is 5.89. The highest BCUT2D eigenvalue weighted by atomic mass is 16.5. The summed E-state index contributed by atoms with van der Waals surface area (Å²) in [5, 5.41) is 0. The number of rotatable bonds is 6. The molecule has 0 spiro atoms. The zero-order valence-electron chi connectivity index (χ0n) is 12.6. The van der Waals surface area contributed by atoms with Gasteiger partial charge in [-0.25, -0.2) is 4.79 Å². The van der Waals surface area contributed by atoms with Crippen molar-refractivity contribution in [2.75, 3.05) is 7.11 Å². The van der Waals surface area contributed by atoms with Gasteiger partial charge in [0.1, 0.15) is 0 Å². The topological polar surface area (TPSA) is 48.3 Å². The summed E-state index contributed by atoms with van der Waals surface area (Å²) < 4.78 is 6.27. The minimum atomic E-state index is -0.366. The molecule has 0 saturated heterocycles. The molecular formula is C18H19NO3. The molecule has 0 aliphatic carbocycles. The number of hydrogen-bond donors (Lipinski definition) is 0. The summed E-state index contributed by atoms with van der Waals surface area (Å²) in [5.74, 6) is -0.289. The van der Waals surface area contributed by atoms with Crippen molar-refractivity contribution in [1.29, 1.82) is 0 Å². The van der Waals surface area contributed by atoms with Gasteiger partial charge in [-0.2, -0.15) is 0 Å². The Morgan fingerprint density at radius 2 is 1.86 bits per heavy atom. The van der Waals surface area contributed by atoms with Crippen molar-refractivity contribution in [1.82, 2.24) is 4.57 Å². The van der Waals surface area contributed by atoms with Crippen LogP contribution in [0.1, 0.15) is 39.5 Å². The van der Waals surface area contributed by atoms with Crippen LogP contribution in [0.25, 0.3) is 0 Å². The number of benzene rings is 1. The molecule has 114 valence electrons. The molecule has 0 N–H and O–H groups in total. The van der Waals surface area contributed by atoms with Crippen LogP contribution in [0.2, 0.25) is 0 Å². The van der Waals surface area contributed by atoms with Crippen LogP contribution in [0.15, 0.2) is 61.4 Å². The average molecular weight is 297 g/mol. The van der Waals surface area contributed by atoms with Gasteiger partial charge in [-0.15, -0.1) is 6.58 Å². The van der Waals surface area contributed by atoms with Crippen molar-refractivity contribution in [3.05, 3.63) is 72.6 Å². The molecule has 1 aromatic heterocycles. The smallest absolute Gasteiger partial charge is 0.337 e. The molecule has 1 aromatic carbocycles. The summed E-state index contributed by atoms with van der Waals surface area (Å²) in [6.07, 6.45) is 6.38. The molecule has 0 amide bonds. The van der Waals surface area contributed by atoms with Gasteiger partial charge >= 0.3 is 5.97 Å². The molecule has 0 bridgehead atoms. The van der Waals surface area contributed by atoms with Gasteiger partial charge < -0.3 is 4.74 Å². The van der Waals surface area contributed by atoms with Gasteiger partial charge in [-0.05, 0) is 42.2 Å². The van der Waals surface area contributed by atoms with E-state index in [0.717, 1.165) is 5.56 Å². The molecular weight excluding hydrogens is 278 g/mol. The van der Waals surface area contributed by atoms with E-state index in [1.165, 1.54) is 7.11 Å². The number of esters is 1. The van der Waals surface area contributed by atoms with E-state index < -0.39 is 0 Å². The number of hydrogen-bond acceptors (Lipinski definition) is 3. The lowest BCUT2D eigenvalue weighted by Crippen LogP contribution is -2.13. The van der Waals surface area contributed by atoms with Gasteiger partial charge in [0.05, 0.1) is 12.7 Å². The molecule has 1 heterocycles. The zero-order valence-corrected chi connectivity index (χ0v) is 12.6. The Kier molecular flexibility index (Phi) is 5.31. The molecule has 0 saturated carbocycles. The molecule has 2 aromatic rings. The number of allylic oxidation sites excluding steroid dienone is 1. The van der Waals surface area contributed by atoms with Crippen molar-refractivity contribution in [2.45, 2.75) is 18.8 Å². The lowest BCUT2D eigenvalue weighted by Gasteiger charge is -2.15. The number of carbonyl (C=O) groups excluding carboxylic acids is 2. The second-order valence-corrected chi connectivity index (χ2v) is 5.02. The Hall–Kier alpha value is -2.62. The third-order valence-corrected chi connectivity index (χ3v) is 3.57. The van der Waals surface area contributed by atoms with Crippen molar-refractivity contribution < 1.29 is 14.3 Å². The first-order chi connectivity index (χ1) is 10.7. The second kappa shape index (κ2) is 7.41. The fraction of sp³-hybridized carbons (Fsp3) is 0.222. The van der Waals surface area contributed by atoms with Crippen LogP contribution in [0.3, 0.4) is 0 Å². The predicted molar refractivity (Wildman–Crippen MR) is 85.0 cm³/mol. The largest absolute Gasteiger partial charge is 0.465 e. The standard InChI is InChI=1S/C18H19NO3/c1-3-6-16(13-17(20)19-11-4-5-12-19)14-7-9-15(10-8-14)18(21)22-2/h3-5,7-12,16H,1,6,13H2,2H3. The Morgan fingerprint density at radius 3 is 2.41 bits per heavy atom. The Balaban J connectivity index is 2.15. The van der Waals surface area contributed by atoms with Crippen LogP contribution in [-0.4, -0.2) is 23.6 Å². The van der Waals surface area contributed by atoms with Gasteiger partial charge in [0, 0.05) is 18.8 Å². The van der Waals surface area contributed by atoms with E-state index in [9.17, 15) is 9.59 Å². The van der Waals surface area contributed by atoms with E-state index in [-0.39, 0.29) is 17.8 Å². The van der Waals surface area contributed by atoms with E-state index >= 15 is 0 Å². The SMILES string of the molecule is C=CCC(CC(=O)n1cccc1)c1ccc(C(=O)OC)cc1. The van der Waals surface area contributed by atoms with Crippen LogP contribution in [-0.2, 0) is 4.74 Å².